The summed E-state index contributed by atoms with van der Waals surface area (Å²) in [7, 11) is 0. The molecule has 1 heterocycles. The highest BCUT2D eigenvalue weighted by Crippen LogP contribution is 2.20. The Kier molecular flexibility index (Phi) is 6.78. The highest BCUT2D eigenvalue weighted by Gasteiger charge is 2.21. The summed E-state index contributed by atoms with van der Waals surface area (Å²) in [5, 5.41) is 9.52. The molecule has 1 N–H and O–H groups in total. The summed E-state index contributed by atoms with van der Waals surface area (Å²) < 4.78 is 0. The van der Waals surface area contributed by atoms with Gasteiger partial charge < -0.3 is 10.0 Å². The third-order valence-electron chi connectivity index (χ3n) is 3.32. The van der Waals surface area contributed by atoms with Crippen molar-refractivity contribution in [2.45, 2.75) is 39.7 Å². The molecule has 1 saturated heterocycles. The average Bonchev–Trinajstić information content (AvgIpc) is 2.25. The fourth-order valence-electron chi connectivity index (χ4n) is 2.17. The molecule has 1 fully saturated rings. The summed E-state index contributed by atoms with van der Waals surface area (Å²) in [6.45, 7) is 10.1. The zero-order chi connectivity index (χ0) is 12.0. The molecule has 1 rings (SSSR count). The van der Waals surface area contributed by atoms with Crippen LogP contribution in [0.2, 0.25) is 0 Å². The quantitative estimate of drug-likeness (QED) is 0.727. The first-order valence-electron chi connectivity index (χ1n) is 6.57. The van der Waals surface area contributed by atoms with E-state index in [1.807, 2.05) is 6.92 Å². The van der Waals surface area contributed by atoms with Crippen molar-refractivity contribution in [2.24, 2.45) is 11.8 Å². The minimum absolute atomic E-state index is 0.113. The van der Waals surface area contributed by atoms with Gasteiger partial charge in [0.15, 0.2) is 0 Å². The van der Waals surface area contributed by atoms with Gasteiger partial charge in [0.1, 0.15) is 0 Å². The molecule has 0 radical (unpaired) electrons. The van der Waals surface area contributed by atoms with Crippen LogP contribution in [0, 0.1) is 11.8 Å². The van der Waals surface area contributed by atoms with Crippen LogP contribution in [0.3, 0.4) is 0 Å². The monoisotopic (exact) mass is 245 g/mol. The van der Waals surface area contributed by atoms with Gasteiger partial charge >= 0.3 is 0 Å². The van der Waals surface area contributed by atoms with Crippen molar-refractivity contribution < 1.29 is 5.11 Å². The Morgan fingerprint density at radius 3 is 2.38 bits per heavy atom. The lowest BCUT2D eigenvalue weighted by Gasteiger charge is -2.33. The van der Waals surface area contributed by atoms with Crippen molar-refractivity contribution >= 4 is 11.8 Å². The first kappa shape index (κ1) is 14.3. The highest BCUT2D eigenvalue weighted by molar-refractivity contribution is 7.99. The van der Waals surface area contributed by atoms with Gasteiger partial charge in [-0.2, -0.15) is 11.8 Å². The molecule has 1 aliphatic rings. The lowest BCUT2D eigenvalue weighted by atomic mass is 9.92. The van der Waals surface area contributed by atoms with Gasteiger partial charge in [-0.3, -0.25) is 0 Å². The smallest absolute Gasteiger partial charge is 0.0541 e. The van der Waals surface area contributed by atoms with E-state index in [0.717, 1.165) is 5.92 Å². The molecule has 0 saturated carbocycles. The fourth-order valence-corrected chi connectivity index (χ4v) is 3.20. The summed E-state index contributed by atoms with van der Waals surface area (Å²) in [6.07, 6.45) is 2.23. The number of hydrogen-bond acceptors (Lipinski definition) is 3. The maximum Gasteiger partial charge on any atom is 0.0541 e. The second-order valence-corrected chi connectivity index (χ2v) is 6.54. The molecule has 16 heavy (non-hydrogen) atoms. The van der Waals surface area contributed by atoms with E-state index in [1.54, 1.807) is 0 Å². The zero-order valence-corrected chi connectivity index (χ0v) is 11.8. The molecule has 0 aromatic heterocycles. The Morgan fingerprint density at radius 1 is 1.25 bits per heavy atom. The Balaban J connectivity index is 2.04. The molecule has 0 amide bonds. The van der Waals surface area contributed by atoms with Gasteiger partial charge in [-0.25, -0.2) is 0 Å². The van der Waals surface area contributed by atoms with Crippen LogP contribution in [0.1, 0.15) is 33.6 Å². The number of nitrogens with zero attached hydrogens (tertiary/aromatic N) is 1. The predicted octanol–water partition coefficient (Wildman–Crippen LogP) is 2.47. The predicted molar refractivity (Wildman–Crippen MR) is 73.0 cm³/mol. The van der Waals surface area contributed by atoms with Gasteiger partial charge in [-0.15, -0.1) is 0 Å². The molecule has 0 aromatic carbocycles. The number of aliphatic hydroxyl groups is 1. The molecule has 2 nitrogen and oxygen atoms in total. The van der Waals surface area contributed by atoms with E-state index < -0.39 is 0 Å². The van der Waals surface area contributed by atoms with Crippen LogP contribution in [0.15, 0.2) is 0 Å². The number of likely N-dealkylation sites (tertiary alicyclic amines) is 1. The van der Waals surface area contributed by atoms with E-state index in [1.165, 1.54) is 44.0 Å². The number of aliphatic hydroxyl groups excluding tert-OH is 1. The molecule has 1 atom stereocenters. The Morgan fingerprint density at radius 2 is 1.88 bits per heavy atom. The van der Waals surface area contributed by atoms with Gasteiger partial charge in [0.25, 0.3) is 0 Å². The van der Waals surface area contributed by atoms with Crippen LogP contribution in [0.25, 0.3) is 0 Å². The summed E-state index contributed by atoms with van der Waals surface area (Å²) in [4.78, 5) is 2.55. The van der Waals surface area contributed by atoms with Crippen LogP contribution in [0.5, 0.6) is 0 Å². The van der Waals surface area contributed by atoms with Crippen LogP contribution in [-0.2, 0) is 0 Å². The second kappa shape index (κ2) is 7.57. The van der Waals surface area contributed by atoms with E-state index in [-0.39, 0.29) is 6.10 Å². The van der Waals surface area contributed by atoms with Gasteiger partial charge in [0.05, 0.1) is 6.10 Å². The number of rotatable bonds is 6. The van der Waals surface area contributed by atoms with Crippen LogP contribution in [-0.4, -0.2) is 47.3 Å². The molecule has 0 aliphatic carbocycles. The Labute approximate surface area is 105 Å². The Hall–Kier alpha value is 0.270. The average molecular weight is 245 g/mol. The number of piperidine rings is 1. The SMILES string of the molecule is CC(C)CSCCN1CCC(C(C)O)CC1. The maximum atomic E-state index is 9.52. The molecule has 3 heteroatoms. The Bertz CT molecular complexity index is 177. The molecule has 0 spiro atoms. The molecule has 96 valence electrons. The highest BCUT2D eigenvalue weighted by atomic mass is 32.2. The van der Waals surface area contributed by atoms with E-state index in [9.17, 15) is 5.11 Å². The standard InChI is InChI=1S/C13H27NOS/c1-11(2)10-16-9-8-14-6-4-13(5-7-14)12(3)15/h11-13,15H,4-10H2,1-3H3. The van der Waals surface area contributed by atoms with Crippen molar-refractivity contribution in [1.82, 2.24) is 4.90 Å². The van der Waals surface area contributed by atoms with Crippen molar-refractivity contribution in [2.75, 3.05) is 31.1 Å². The summed E-state index contributed by atoms with van der Waals surface area (Å²) in [5.41, 5.74) is 0. The summed E-state index contributed by atoms with van der Waals surface area (Å²) in [5.74, 6) is 3.90. The first-order valence-corrected chi connectivity index (χ1v) is 7.73. The lowest BCUT2D eigenvalue weighted by Crippen LogP contribution is -2.38. The van der Waals surface area contributed by atoms with Gasteiger partial charge in [0, 0.05) is 12.3 Å². The van der Waals surface area contributed by atoms with Crippen molar-refractivity contribution in [3.8, 4) is 0 Å². The molecule has 1 unspecified atom stereocenters. The first-order chi connectivity index (χ1) is 7.59. The van der Waals surface area contributed by atoms with E-state index in [2.05, 4.69) is 30.5 Å². The normalized spacial score (nSPS) is 21.6. The van der Waals surface area contributed by atoms with Crippen molar-refractivity contribution in [1.29, 1.82) is 0 Å². The van der Waals surface area contributed by atoms with E-state index in [4.69, 9.17) is 0 Å². The van der Waals surface area contributed by atoms with E-state index >= 15 is 0 Å². The molecule has 1 aliphatic heterocycles. The molecular formula is C13H27NOS. The van der Waals surface area contributed by atoms with Crippen molar-refractivity contribution in [3.63, 3.8) is 0 Å². The minimum Gasteiger partial charge on any atom is -0.393 e. The number of thioether (sulfide) groups is 1. The van der Waals surface area contributed by atoms with Gasteiger partial charge in [-0.05, 0) is 50.4 Å². The maximum absolute atomic E-state index is 9.52. The molecule has 0 bridgehead atoms. The topological polar surface area (TPSA) is 23.5 Å². The summed E-state index contributed by atoms with van der Waals surface area (Å²) >= 11 is 2.07. The second-order valence-electron chi connectivity index (χ2n) is 5.39. The van der Waals surface area contributed by atoms with Gasteiger partial charge in [-0.1, -0.05) is 13.8 Å². The zero-order valence-electron chi connectivity index (χ0n) is 11.0. The van der Waals surface area contributed by atoms with Crippen LogP contribution in [0.4, 0.5) is 0 Å². The molecular weight excluding hydrogens is 218 g/mol. The lowest BCUT2D eigenvalue weighted by molar-refractivity contribution is 0.0740. The third-order valence-corrected chi connectivity index (χ3v) is 4.69. The van der Waals surface area contributed by atoms with E-state index in [0.29, 0.717) is 5.92 Å². The largest absolute Gasteiger partial charge is 0.393 e. The van der Waals surface area contributed by atoms with Crippen LogP contribution >= 0.6 is 11.8 Å². The van der Waals surface area contributed by atoms with Crippen LogP contribution < -0.4 is 0 Å². The van der Waals surface area contributed by atoms with Gasteiger partial charge in [0.2, 0.25) is 0 Å². The van der Waals surface area contributed by atoms with Crippen molar-refractivity contribution in [3.05, 3.63) is 0 Å². The third kappa shape index (κ3) is 5.55. The number of hydrogen-bond donors (Lipinski definition) is 1. The fraction of sp³-hybridized carbons (Fsp3) is 1.00. The summed E-state index contributed by atoms with van der Waals surface area (Å²) in [6, 6.07) is 0. The minimum atomic E-state index is -0.113. The molecule has 0 aromatic rings.